The highest BCUT2D eigenvalue weighted by Gasteiger charge is 2.17. The molecule has 0 saturated carbocycles. The lowest BCUT2D eigenvalue weighted by atomic mass is 10.0. The highest BCUT2D eigenvalue weighted by atomic mass is 16.5. The number of carbonyl (C=O) groups is 1. The number of ether oxygens (including phenoxy) is 1. The lowest BCUT2D eigenvalue weighted by Gasteiger charge is -1.99. The summed E-state index contributed by atoms with van der Waals surface area (Å²) < 4.78 is 4.91. The van der Waals surface area contributed by atoms with Crippen molar-refractivity contribution in [3.63, 3.8) is 0 Å². The largest absolute Gasteiger partial charge is 0.424 e. The predicted molar refractivity (Wildman–Crippen MR) is 45.7 cm³/mol. The summed E-state index contributed by atoms with van der Waals surface area (Å²) in [6.45, 7) is 2.08. The molecule has 1 aliphatic rings. The van der Waals surface area contributed by atoms with E-state index in [1.165, 1.54) is 0 Å². The summed E-state index contributed by atoms with van der Waals surface area (Å²) in [7, 11) is 1.87. The maximum absolute atomic E-state index is 10.8. The second-order valence-corrected chi connectivity index (χ2v) is 2.49. The standard InChI is InChI=1S/C8H11BO2/c1-2-3-6-4-8(10)11-7(6)5-9/h4-5H,2-3,9H2,1H3/b7-5-. The van der Waals surface area contributed by atoms with Gasteiger partial charge in [0.2, 0.25) is 0 Å². The van der Waals surface area contributed by atoms with Crippen molar-refractivity contribution in [2.24, 2.45) is 0 Å². The van der Waals surface area contributed by atoms with Crippen LogP contribution in [0.1, 0.15) is 19.8 Å². The van der Waals surface area contributed by atoms with Crippen LogP contribution in [0.25, 0.3) is 0 Å². The molecule has 1 heterocycles. The topological polar surface area (TPSA) is 26.3 Å². The first-order valence-electron chi connectivity index (χ1n) is 3.87. The van der Waals surface area contributed by atoms with E-state index in [4.69, 9.17) is 4.74 Å². The van der Waals surface area contributed by atoms with E-state index in [9.17, 15) is 4.79 Å². The van der Waals surface area contributed by atoms with Gasteiger partial charge in [0.15, 0.2) is 0 Å². The number of hydrogen-bond acceptors (Lipinski definition) is 2. The summed E-state index contributed by atoms with van der Waals surface area (Å²) >= 11 is 0. The summed E-state index contributed by atoms with van der Waals surface area (Å²) in [5.41, 5.74) is 1.03. The summed E-state index contributed by atoms with van der Waals surface area (Å²) in [6, 6.07) is 0. The lowest BCUT2D eigenvalue weighted by Crippen LogP contribution is -1.91. The third-order valence-electron chi connectivity index (χ3n) is 1.60. The molecule has 2 nitrogen and oxygen atoms in total. The monoisotopic (exact) mass is 150 g/mol. The smallest absolute Gasteiger partial charge is 0.336 e. The third kappa shape index (κ3) is 1.73. The number of cyclic esters (lactones) is 1. The summed E-state index contributed by atoms with van der Waals surface area (Å²) in [5.74, 6) is 2.32. The van der Waals surface area contributed by atoms with E-state index in [0.29, 0.717) is 0 Å². The Bertz CT molecular complexity index is 228. The molecule has 0 spiro atoms. The molecule has 0 N–H and O–H groups in total. The first-order chi connectivity index (χ1) is 5.27. The zero-order chi connectivity index (χ0) is 8.27. The van der Waals surface area contributed by atoms with Crippen LogP contribution in [-0.4, -0.2) is 13.8 Å². The van der Waals surface area contributed by atoms with Gasteiger partial charge in [-0.3, -0.25) is 0 Å². The van der Waals surface area contributed by atoms with Gasteiger partial charge >= 0.3 is 5.97 Å². The Morgan fingerprint density at radius 3 is 3.00 bits per heavy atom. The Morgan fingerprint density at radius 2 is 2.45 bits per heavy atom. The normalized spacial score (nSPS) is 20.3. The molecule has 58 valence electrons. The molecule has 0 amide bonds. The average Bonchev–Trinajstić information content (AvgIpc) is 2.32. The van der Waals surface area contributed by atoms with Gasteiger partial charge in [0, 0.05) is 11.6 Å². The van der Waals surface area contributed by atoms with E-state index in [0.717, 1.165) is 24.2 Å². The van der Waals surface area contributed by atoms with Crippen molar-refractivity contribution < 1.29 is 9.53 Å². The SMILES string of the molecule is B/C=C1\OC(=O)C=C1CCC. The van der Waals surface area contributed by atoms with Crippen molar-refractivity contribution in [3.8, 4) is 0 Å². The molecule has 0 aromatic carbocycles. The van der Waals surface area contributed by atoms with Crippen molar-refractivity contribution in [1.29, 1.82) is 0 Å². The predicted octanol–water partition coefficient (Wildman–Crippen LogP) is 0.744. The Hall–Kier alpha value is -0.985. The van der Waals surface area contributed by atoms with Gasteiger partial charge in [-0.25, -0.2) is 4.79 Å². The molecule has 0 bridgehead atoms. The summed E-state index contributed by atoms with van der Waals surface area (Å²) in [4.78, 5) is 10.8. The van der Waals surface area contributed by atoms with Crippen molar-refractivity contribution in [3.05, 3.63) is 23.4 Å². The van der Waals surface area contributed by atoms with Crippen molar-refractivity contribution in [1.82, 2.24) is 0 Å². The van der Waals surface area contributed by atoms with Crippen molar-refractivity contribution >= 4 is 13.8 Å². The molecule has 0 aromatic heterocycles. The van der Waals surface area contributed by atoms with E-state index in [1.807, 2.05) is 13.8 Å². The van der Waals surface area contributed by atoms with Gasteiger partial charge in [0.1, 0.15) is 13.6 Å². The van der Waals surface area contributed by atoms with Gasteiger partial charge in [0.25, 0.3) is 0 Å². The van der Waals surface area contributed by atoms with E-state index in [2.05, 4.69) is 6.92 Å². The van der Waals surface area contributed by atoms with Gasteiger partial charge in [0.05, 0.1) is 0 Å². The molecule has 0 aromatic rings. The zero-order valence-electron chi connectivity index (χ0n) is 6.89. The maximum atomic E-state index is 10.8. The van der Waals surface area contributed by atoms with Crippen LogP contribution in [0.5, 0.6) is 0 Å². The first kappa shape index (κ1) is 8.11. The van der Waals surface area contributed by atoms with Crippen LogP contribution in [0.4, 0.5) is 0 Å². The number of allylic oxidation sites excluding steroid dienone is 1. The van der Waals surface area contributed by atoms with Crippen LogP contribution >= 0.6 is 0 Å². The third-order valence-corrected chi connectivity index (χ3v) is 1.60. The second kappa shape index (κ2) is 3.42. The fraction of sp³-hybridized carbons (Fsp3) is 0.375. The van der Waals surface area contributed by atoms with E-state index in [1.54, 1.807) is 6.08 Å². The summed E-state index contributed by atoms with van der Waals surface area (Å²) in [5, 5.41) is 0. The minimum Gasteiger partial charge on any atom is -0.424 e. The number of carbonyl (C=O) groups excluding carboxylic acids is 1. The Kier molecular flexibility index (Phi) is 2.52. The van der Waals surface area contributed by atoms with Gasteiger partial charge in [-0.2, -0.15) is 0 Å². The molecule has 1 rings (SSSR count). The minimum atomic E-state index is -0.235. The highest BCUT2D eigenvalue weighted by molar-refractivity contribution is 6.18. The van der Waals surface area contributed by atoms with Crippen LogP contribution in [0, 0.1) is 0 Å². The molecule has 3 heteroatoms. The van der Waals surface area contributed by atoms with Crippen LogP contribution in [0.3, 0.4) is 0 Å². The Labute approximate surface area is 67.3 Å². The zero-order valence-corrected chi connectivity index (χ0v) is 6.89. The molecular formula is C8H11BO2. The maximum Gasteiger partial charge on any atom is 0.336 e. The number of rotatable bonds is 2. The van der Waals surface area contributed by atoms with Gasteiger partial charge in [-0.05, 0) is 6.42 Å². The van der Waals surface area contributed by atoms with E-state index < -0.39 is 0 Å². The van der Waals surface area contributed by atoms with Crippen LogP contribution in [-0.2, 0) is 9.53 Å². The van der Waals surface area contributed by atoms with E-state index in [-0.39, 0.29) is 5.97 Å². The van der Waals surface area contributed by atoms with Crippen LogP contribution in [0.2, 0.25) is 0 Å². The molecule has 0 saturated heterocycles. The molecule has 1 aliphatic heterocycles. The fourth-order valence-electron chi connectivity index (χ4n) is 1.13. The minimum absolute atomic E-state index is 0.235. The lowest BCUT2D eigenvalue weighted by molar-refractivity contribution is -0.132. The van der Waals surface area contributed by atoms with Gasteiger partial charge < -0.3 is 4.74 Å². The number of hydrogen-bond donors (Lipinski definition) is 0. The van der Waals surface area contributed by atoms with Crippen molar-refractivity contribution in [2.45, 2.75) is 19.8 Å². The molecule has 0 fully saturated rings. The van der Waals surface area contributed by atoms with Crippen LogP contribution in [0.15, 0.2) is 23.4 Å². The quantitative estimate of drug-likeness (QED) is 0.428. The molecular weight excluding hydrogens is 139 g/mol. The molecule has 0 unspecified atom stereocenters. The molecule has 0 atom stereocenters. The molecule has 0 aliphatic carbocycles. The first-order valence-corrected chi connectivity index (χ1v) is 3.87. The average molecular weight is 150 g/mol. The van der Waals surface area contributed by atoms with Gasteiger partial charge in [-0.1, -0.05) is 19.3 Å². The van der Waals surface area contributed by atoms with E-state index >= 15 is 0 Å². The Balaban J connectivity index is 2.74. The highest BCUT2D eigenvalue weighted by Crippen LogP contribution is 2.22. The second-order valence-electron chi connectivity index (χ2n) is 2.49. The fourth-order valence-corrected chi connectivity index (χ4v) is 1.13. The number of esters is 1. The summed E-state index contributed by atoms with van der Waals surface area (Å²) in [6.07, 6.45) is 3.53. The molecule has 11 heavy (non-hydrogen) atoms. The van der Waals surface area contributed by atoms with Crippen LogP contribution < -0.4 is 0 Å². The Morgan fingerprint density at radius 1 is 1.73 bits per heavy atom. The molecule has 0 radical (unpaired) electrons. The van der Waals surface area contributed by atoms with Gasteiger partial charge in [-0.15, -0.1) is 0 Å². The van der Waals surface area contributed by atoms with Crippen molar-refractivity contribution in [2.75, 3.05) is 0 Å².